The maximum Gasteiger partial charge on any atom is 0.255 e. The molecule has 0 saturated carbocycles. The van der Waals surface area contributed by atoms with Crippen LogP contribution in [0.1, 0.15) is 40.2 Å². The van der Waals surface area contributed by atoms with Gasteiger partial charge in [0.15, 0.2) is 0 Å². The van der Waals surface area contributed by atoms with Gasteiger partial charge in [-0.2, -0.15) is 4.31 Å². The molecule has 1 unspecified atom stereocenters. The van der Waals surface area contributed by atoms with Crippen LogP contribution in [0.15, 0.2) is 70.0 Å². The number of nitrogens with one attached hydrogen (secondary N) is 2. The Hall–Kier alpha value is -3.38. The van der Waals surface area contributed by atoms with E-state index in [1.54, 1.807) is 37.3 Å². The first-order valence-electron chi connectivity index (χ1n) is 12.8. The molecule has 11 heteroatoms. The van der Waals surface area contributed by atoms with Gasteiger partial charge in [-0.25, -0.2) is 17.5 Å². The number of nitrogens with zero attached hydrogens (tertiary/aromatic N) is 1. The van der Waals surface area contributed by atoms with Gasteiger partial charge >= 0.3 is 0 Å². The number of carbonyl (C=O) groups excluding carboxylic acids is 1. The minimum absolute atomic E-state index is 0.227. The number of aryl methyl sites for hydroxylation is 1. The lowest BCUT2D eigenvalue weighted by molar-refractivity contribution is 0.0964. The lowest BCUT2D eigenvalue weighted by atomic mass is 9.89. The number of anilines is 1. The van der Waals surface area contributed by atoms with E-state index in [1.807, 2.05) is 6.07 Å². The molecule has 2 heterocycles. The highest BCUT2D eigenvalue weighted by Gasteiger charge is 2.34. The molecule has 1 amide bonds. The highest BCUT2D eigenvalue weighted by atomic mass is 32.2. The second-order valence-electron chi connectivity index (χ2n) is 9.85. The first-order chi connectivity index (χ1) is 19.1. The van der Waals surface area contributed by atoms with E-state index in [9.17, 15) is 22.2 Å². The quantitative estimate of drug-likeness (QED) is 0.290. The van der Waals surface area contributed by atoms with Crippen molar-refractivity contribution in [2.75, 3.05) is 31.1 Å². The number of carbonyl (C=O) groups is 1. The summed E-state index contributed by atoms with van der Waals surface area (Å²) in [5.74, 6) is -0.744. The van der Waals surface area contributed by atoms with Crippen molar-refractivity contribution in [3.8, 4) is 11.3 Å². The Balaban J connectivity index is 1.63. The van der Waals surface area contributed by atoms with Gasteiger partial charge in [0.05, 0.1) is 27.5 Å². The van der Waals surface area contributed by atoms with Gasteiger partial charge in [-0.05, 0) is 73.2 Å². The number of sulfonamides is 1. The molecule has 1 aliphatic rings. The molecular formula is C29H30FN3O5S2. The molecule has 1 saturated heterocycles. The number of hydrogen-bond donors (Lipinski definition) is 2. The maximum atomic E-state index is 13.6. The van der Waals surface area contributed by atoms with E-state index in [1.165, 1.54) is 41.9 Å². The average Bonchev–Trinajstić information content (AvgIpc) is 3.30. The lowest BCUT2D eigenvalue weighted by Gasteiger charge is -2.33. The van der Waals surface area contributed by atoms with Crippen molar-refractivity contribution in [2.45, 2.75) is 30.6 Å². The van der Waals surface area contributed by atoms with E-state index >= 15 is 0 Å². The molecule has 2 atom stereocenters. The van der Waals surface area contributed by atoms with Gasteiger partial charge in [-0.15, -0.1) is 0 Å². The molecule has 0 spiro atoms. The van der Waals surface area contributed by atoms with Gasteiger partial charge in [0, 0.05) is 37.2 Å². The Kier molecular flexibility index (Phi) is 7.92. The van der Waals surface area contributed by atoms with Crippen LogP contribution in [0.5, 0.6) is 0 Å². The van der Waals surface area contributed by atoms with Gasteiger partial charge in [0.1, 0.15) is 23.4 Å². The third kappa shape index (κ3) is 5.34. The summed E-state index contributed by atoms with van der Waals surface area (Å²) in [5.41, 5.74) is 3.15. The van der Waals surface area contributed by atoms with Gasteiger partial charge in [-0.1, -0.05) is 18.2 Å². The molecule has 1 aliphatic heterocycles. The molecule has 4 aromatic rings. The summed E-state index contributed by atoms with van der Waals surface area (Å²) in [6.07, 6.45) is 2.84. The Morgan fingerprint density at radius 1 is 1.15 bits per heavy atom. The Morgan fingerprint density at radius 2 is 1.88 bits per heavy atom. The van der Waals surface area contributed by atoms with E-state index in [0.29, 0.717) is 47.2 Å². The number of fused-ring (bicyclic) bond motifs is 1. The van der Waals surface area contributed by atoms with Crippen LogP contribution in [0.4, 0.5) is 10.1 Å². The summed E-state index contributed by atoms with van der Waals surface area (Å²) in [6, 6.07) is 16.1. The highest BCUT2D eigenvalue weighted by Crippen LogP contribution is 2.41. The zero-order chi connectivity index (χ0) is 28.6. The van der Waals surface area contributed by atoms with Crippen LogP contribution in [0.2, 0.25) is 0 Å². The predicted molar refractivity (Wildman–Crippen MR) is 155 cm³/mol. The summed E-state index contributed by atoms with van der Waals surface area (Å²) in [4.78, 5) is 13.4. The highest BCUT2D eigenvalue weighted by molar-refractivity contribution is 7.92. The Morgan fingerprint density at radius 3 is 2.55 bits per heavy atom. The fourth-order valence-corrected chi connectivity index (χ4v) is 7.53. The van der Waals surface area contributed by atoms with E-state index in [0.717, 1.165) is 5.56 Å². The Bertz CT molecular complexity index is 1670. The topological polar surface area (TPSA) is 115 Å². The second-order valence-corrected chi connectivity index (χ2v) is 12.9. The van der Waals surface area contributed by atoms with Crippen LogP contribution >= 0.6 is 0 Å². The van der Waals surface area contributed by atoms with Gasteiger partial charge < -0.3 is 14.3 Å². The summed E-state index contributed by atoms with van der Waals surface area (Å²) in [6.45, 7) is 2.39. The van der Waals surface area contributed by atoms with Gasteiger partial charge in [0.25, 0.3) is 5.91 Å². The Labute approximate surface area is 235 Å². The normalized spacial score (nSPS) is 17.1. The molecular weight excluding hydrogens is 553 g/mol. The molecule has 210 valence electrons. The smallest absolute Gasteiger partial charge is 0.255 e. The fraction of sp³-hybridized carbons (Fsp3) is 0.276. The maximum absolute atomic E-state index is 13.6. The van der Waals surface area contributed by atoms with Crippen molar-refractivity contribution in [2.24, 2.45) is 0 Å². The first-order valence-corrected chi connectivity index (χ1v) is 15.8. The van der Waals surface area contributed by atoms with E-state index < -0.39 is 27.2 Å². The van der Waals surface area contributed by atoms with Crippen molar-refractivity contribution >= 4 is 43.9 Å². The van der Waals surface area contributed by atoms with Crippen molar-refractivity contribution < 1.29 is 26.6 Å². The number of rotatable bonds is 7. The van der Waals surface area contributed by atoms with Crippen LogP contribution in [0, 0.1) is 12.7 Å². The zero-order valence-electron chi connectivity index (χ0n) is 22.4. The molecule has 3 aromatic carbocycles. The first kappa shape index (κ1) is 28.2. The van der Waals surface area contributed by atoms with Gasteiger partial charge in [0.2, 0.25) is 10.0 Å². The van der Waals surface area contributed by atoms with Crippen molar-refractivity contribution in [3.63, 3.8) is 0 Å². The summed E-state index contributed by atoms with van der Waals surface area (Å²) >= 11 is -1.42. The molecule has 1 aromatic heterocycles. The minimum Gasteiger partial charge on any atom is -0.593 e. The largest absolute Gasteiger partial charge is 0.593 e. The molecule has 0 bridgehead atoms. The third-order valence-corrected chi connectivity index (χ3v) is 9.74. The number of hydrogen-bond acceptors (Lipinski definition) is 6. The number of piperidine rings is 1. The number of amides is 1. The molecule has 40 heavy (non-hydrogen) atoms. The number of furan rings is 1. The van der Waals surface area contributed by atoms with Crippen molar-refractivity contribution in [3.05, 3.63) is 83.2 Å². The van der Waals surface area contributed by atoms with E-state index in [-0.39, 0.29) is 34.6 Å². The van der Waals surface area contributed by atoms with Crippen LogP contribution < -0.4 is 10.0 Å². The minimum atomic E-state index is -3.73. The SMILES string of the molecule is CNC(=O)c1c(-c2ccc(F)cc2)oc2cc(N[S+](C)[O-])c([C@H]3CCCN(S(=O)(=O)c4ccccc4C)C3)cc12. The molecule has 5 rings (SSSR count). The van der Waals surface area contributed by atoms with Gasteiger partial charge in [-0.3, -0.25) is 4.79 Å². The van der Waals surface area contributed by atoms with E-state index in [4.69, 9.17) is 4.42 Å². The summed E-state index contributed by atoms with van der Waals surface area (Å²) in [5, 5.41) is 3.18. The fourth-order valence-electron chi connectivity index (χ4n) is 5.30. The average molecular weight is 584 g/mol. The lowest BCUT2D eigenvalue weighted by Crippen LogP contribution is -2.39. The predicted octanol–water partition coefficient (Wildman–Crippen LogP) is 5.18. The molecule has 0 aliphatic carbocycles. The molecule has 1 fully saturated rings. The monoisotopic (exact) mass is 583 g/mol. The summed E-state index contributed by atoms with van der Waals surface area (Å²) < 4.78 is 63.7. The standard InChI is InChI=1S/C29H30FN3O5S2/c1-18-7-4-5-9-26(18)40(36,37)33-14-6-8-20(17-33)22-15-23-25(16-24(22)32-39(3)35)38-28(27(23)29(34)31-2)19-10-12-21(30)13-11-19/h4-5,7,9-13,15-16,20,32H,6,8,14,17H2,1-3H3,(H,31,34)/t20-,39?/m0/s1. The molecule has 8 nitrogen and oxygen atoms in total. The van der Waals surface area contributed by atoms with Crippen LogP contribution in [0.25, 0.3) is 22.3 Å². The number of benzene rings is 3. The van der Waals surface area contributed by atoms with E-state index in [2.05, 4.69) is 10.0 Å². The van der Waals surface area contributed by atoms with Crippen molar-refractivity contribution in [1.29, 1.82) is 0 Å². The molecule has 2 N–H and O–H groups in total. The second kappa shape index (κ2) is 11.2. The summed E-state index contributed by atoms with van der Waals surface area (Å²) in [7, 11) is -2.22. The zero-order valence-corrected chi connectivity index (χ0v) is 24.0. The van der Waals surface area contributed by atoms with Crippen LogP contribution in [-0.2, 0) is 21.4 Å². The third-order valence-electron chi connectivity index (χ3n) is 7.21. The van der Waals surface area contributed by atoms with Crippen LogP contribution in [0.3, 0.4) is 0 Å². The van der Waals surface area contributed by atoms with Crippen molar-refractivity contribution in [1.82, 2.24) is 9.62 Å². The molecule has 0 radical (unpaired) electrons. The van der Waals surface area contributed by atoms with Crippen LogP contribution in [-0.4, -0.2) is 49.6 Å². The number of halogens is 1.